The Morgan fingerprint density at radius 3 is 2.46 bits per heavy atom. The minimum absolute atomic E-state index is 0.568. The SMILES string of the molecule is O=[N+]([O-])c1cnccc1C(F)(F)F. The molecule has 0 aliphatic heterocycles. The van der Waals surface area contributed by atoms with Crippen LogP contribution in [0.2, 0.25) is 0 Å². The molecular formula is C6H3F3N2O2. The molecule has 13 heavy (non-hydrogen) atoms. The van der Waals surface area contributed by atoms with Crippen molar-refractivity contribution in [2.75, 3.05) is 0 Å². The van der Waals surface area contributed by atoms with Crippen molar-refractivity contribution in [2.45, 2.75) is 6.18 Å². The second kappa shape index (κ2) is 3.00. The number of hydrogen-bond donors (Lipinski definition) is 0. The van der Waals surface area contributed by atoms with Gasteiger partial charge in [0.2, 0.25) is 0 Å². The van der Waals surface area contributed by atoms with Crippen LogP contribution in [0.5, 0.6) is 0 Å². The number of rotatable bonds is 1. The highest BCUT2D eigenvalue weighted by Crippen LogP contribution is 2.34. The van der Waals surface area contributed by atoms with Crippen molar-refractivity contribution in [3.63, 3.8) is 0 Å². The van der Waals surface area contributed by atoms with Crippen LogP contribution in [0.1, 0.15) is 5.56 Å². The van der Waals surface area contributed by atoms with Crippen LogP contribution in [-0.2, 0) is 6.18 Å². The zero-order valence-corrected chi connectivity index (χ0v) is 6.08. The predicted molar refractivity (Wildman–Crippen MR) is 35.9 cm³/mol. The van der Waals surface area contributed by atoms with Crippen LogP contribution in [0.3, 0.4) is 0 Å². The third-order valence-electron chi connectivity index (χ3n) is 1.30. The van der Waals surface area contributed by atoms with Crippen molar-refractivity contribution in [3.8, 4) is 0 Å². The molecule has 0 atom stereocenters. The Hall–Kier alpha value is -1.66. The first-order valence-corrected chi connectivity index (χ1v) is 3.08. The Morgan fingerprint density at radius 1 is 1.46 bits per heavy atom. The van der Waals surface area contributed by atoms with E-state index in [-0.39, 0.29) is 0 Å². The molecule has 1 heterocycles. The van der Waals surface area contributed by atoms with Gasteiger partial charge in [0.25, 0.3) is 5.69 Å². The van der Waals surface area contributed by atoms with E-state index in [1.807, 2.05) is 0 Å². The molecule has 1 aromatic heterocycles. The Balaban J connectivity index is 3.28. The Bertz CT molecular complexity index is 337. The summed E-state index contributed by atoms with van der Waals surface area (Å²) < 4.78 is 36.2. The molecule has 0 aromatic carbocycles. The van der Waals surface area contributed by atoms with Gasteiger partial charge in [-0.05, 0) is 6.07 Å². The molecule has 7 heteroatoms. The summed E-state index contributed by atoms with van der Waals surface area (Å²) in [6.07, 6.45) is -3.29. The molecule has 0 radical (unpaired) electrons. The maximum Gasteiger partial charge on any atom is 0.423 e. The number of nitrogens with zero attached hydrogens (tertiary/aromatic N) is 2. The number of hydrogen-bond acceptors (Lipinski definition) is 3. The van der Waals surface area contributed by atoms with E-state index in [0.717, 1.165) is 6.20 Å². The number of pyridine rings is 1. The lowest BCUT2D eigenvalue weighted by Crippen LogP contribution is -2.08. The molecule has 4 nitrogen and oxygen atoms in total. The van der Waals surface area contributed by atoms with E-state index in [1.54, 1.807) is 0 Å². The minimum Gasteiger partial charge on any atom is -0.258 e. The second-order valence-electron chi connectivity index (χ2n) is 2.15. The van der Waals surface area contributed by atoms with Crippen LogP contribution in [0.25, 0.3) is 0 Å². The Morgan fingerprint density at radius 2 is 2.08 bits per heavy atom. The van der Waals surface area contributed by atoms with Gasteiger partial charge in [-0.3, -0.25) is 15.1 Å². The molecule has 0 fully saturated rings. The maximum absolute atomic E-state index is 12.1. The van der Waals surface area contributed by atoms with E-state index in [0.29, 0.717) is 12.3 Å². The smallest absolute Gasteiger partial charge is 0.258 e. The van der Waals surface area contributed by atoms with Gasteiger partial charge in [-0.15, -0.1) is 0 Å². The summed E-state index contributed by atoms with van der Waals surface area (Å²) in [6, 6.07) is 0.568. The van der Waals surface area contributed by atoms with Crippen molar-refractivity contribution in [3.05, 3.63) is 34.1 Å². The van der Waals surface area contributed by atoms with Gasteiger partial charge in [0.1, 0.15) is 11.8 Å². The fourth-order valence-corrected chi connectivity index (χ4v) is 0.771. The average molecular weight is 192 g/mol. The average Bonchev–Trinajstić information content (AvgIpc) is 2.03. The third-order valence-corrected chi connectivity index (χ3v) is 1.30. The van der Waals surface area contributed by atoms with Crippen molar-refractivity contribution in [1.29, 1.82) is 0 Å². The third kappa shape index (κ3) is 1.92. The van der Waals surface area contributed by atoms with E-state index in [1.165, 1.54) is 0 Å². The van der Waals surface area contributed by atoms with Crippen LogP contribution in [-0.4, -0.2) is 9.91 Å². The van der Waals surface area contributed by atoms with Gasteiger partial charge < -0.3 is 0 Å². The molecule has 0 saturated heterocycles. The van der Waals surface area contributed by atoms with Gasteiger partial charge in [0.05, 0.1) is 4.92 Å². The van der Waals surface area contributed by atoms with Gasteiger partial charge in [-0.25, -0.2) is 0 Å². The van der Waals surface area contributed by atoms with Gasteiger partial charge in [0.15, 0.2) is 0 Å². The molecule has 70 valence electrons. The molecule has 0 N–H and O–H groups in total. The Labute approximate surface area is 70.2 Å². The summed E-state index contributed by atoms with van der Waals surface area (Å²) in [5.41, 5.74) is -2.32. The lowest BCUT2D eigenvalue weighted by molar-refractivity contribution is -0.388. The normalized spacial score (nSPS) is 11.3. The van der Waals surface area contributed by atoms with E-state index in [4.69, 9.17) is 0 Å². The zero-order valence-electron chi connectivity index (χ0n) is 6.08. The maximum atomic E-state index is 12.1. The van der Waals surface area contributed by atoms with Gasteiger partial charge in [0, 0.05) is 6.20 Å². The fraction of sp³-hybridized carbons (Fsp3) is 0.167. The van der Waals surface area contributed by atoms with Gasteiger partial charge in [-0.1, -0.05) is 0 Å². The van der Waals surface area contributed by atoms with Crippen LogP contribution in [0, 0.1) is 10.1 Å². The molecule has 0 spiro atoms. The Kier molecular flexibility index (Phi) is 2.18. The summed E-state index contributed by atoms with van der Waals surface area (Å²) in [7, 11) is 0. The van der Waals surface area contributed by atoms with E-state index >= 15 is 0 Å². The summed E-state index contributed by atoms with van der Waals surface area (Å²) in [5, 5.41) is 10.1. The van der Waals surface area contributed by atoms with Crippen LogP contribution in [0.4, 0.5) is 18.9 Å². The van der Waals surface area contributed by atoms with E-state index < -0.39 is 22.4 Å². The number of alkyl halides is 3. The zero-order chi connectivity index (χ0) is 10.1. The summed E-state index contributed by atoms with van der Waals surface area (Å²) in [6.45, 7) is 0. The monoisotopic (exact) mass is 192 g/mol. The van der Waals surface area contributed by atoms with Gasteiger partial charge >= 0.3 is 6.18 Å². The van der Waals surface area contributed by atoms with E-state index in [2.05, 4.69) is 4.98 Å². The second-order valence-corrected chi connectivity index (χ2v) is 2.15. The number of nitro groups is 1. The van der Waals surface area contributed by atoms with Crippen molar-refractivity contribution >= 4 is 5.69 Å². The first-order chi connectivity index (χ1) is 5.93. The summed E-state index contributed by atoms with van der Waals surface area (Å²) in [5.74, 6) is 0. The minimum atomic E-state index is -4.72. The molecule has 0 aliphatic rings. The molecule has 0 amide bonds. The molecule has 0 unspecified atom stereocenters. The highest BCUT2D eigenvalue weighted by atomic mass is 19.4. The lowest BCUT2D eigenvalue weighted by Gasteiger charge is -2.05. The quantitative estimate of drug-likeness (QED) is 0.505. The number of aromatic nitrogens is 1. The topological polar surface area (TPSA) is 56.0 Å². The van der Waals surface area contributed by atoms with Crippen LogP contribution >= 0.6 is 0 Å². The van der Waals surface area contributed by atoms with Crippen molar-refractivity contribution in [1.82, 2.24) is 4.98 Å². The van der Waals surface area contributed by atoms with Crippen LogP contribution in [0.15, 0.2) is 18.5 Å². The van der Waals surface area contributed by atoms with Crippen molar-refractivity contribution in [2.24, 2.45) is 0 Å². The first kappa shape index (κ1) is 9.43. The molecule has 0 bridgehead atoms. The molecule has 0 aliphatic carbocycles. The fourth-order valence-electron chi connectivity index (χ4n) is 0.771. The molecular weight excluding hydrogens is 189 g/mol. The van der Waals surface area contributed by atoms with Gasteiger partial charge in [-0.2, -0.15) is 13.2 Å². The lowest BCUT2D eigenvalue weighted by atomic mass is 10.2. The highest BCUT2D eigenvalue weighted by Gasteiger charge is 2.37. The predicted octanol–water partition coefficient (Wildman–Crippen LogP) is 2.01. The standard InChI is InChI=1S/C6H3F3N2O2/c7-6(8,9)4-1-2-10-3-5(4)11(12)13/h1-3H. The summed E-state index contributed by atoms with van der Waals surface area (Å²) >= 11 is 0. The largest absolute Gasteiger partial charge is 0.423 e. The first-order valence-electron chi connectivity index (χ1n) is 3.08. The number of halogens is 3. The highest BCUT2D eigenvalue weighted by molar-refractivity contribution is 5.38. The van der Waals surface area contributed by atoms with Crippen molar-refractivity contribution < 1.29 is 18.1 Å². The molecule has 1 aromatic rings. The molecule has 1 rings (SSSR count). The summed E-state index contributed by atoms with van der Waals surface area (Å²) in [4.78, 5) is 12.3. The van der Waals surface area contributed by atoms with E-state index in [9.17, 15) is 23.3 Å². The molecule has 0 saturated carbocycles. The van der Waals surface area contributed by atoms with Crippen LogP contribution < -0.4 is 0 Å².